The molecule has 3 aromatic rings. The number of carbonyl (C=O) groups is 1. The van der Waals surface area contributed by atoms with Crippen molar-refractivity contribution in [1.29, 1.82) is 0 Å². The van der Waals surface area contributed by atoms with Crippen molar-refractivity contribution in [3.05, 3.63) is 88.1 Å². The lowest BCUT2D eigenvalue weighted by atomic mass is 10.2. The van der Waals surface area contributed by atoms with Gasteiger partial charge < -0.3 is 14.8 Å². The molecule has 0 bridgehead atoms. The Hall–Kier alpha value is -3.30. The summed E-state index contributed by atoms with van der Waals surface area (Å²) in [7, 11) is 0. The zero-order valence-electron chi connectivity index (χ0n) is 17.7. The topological polar surface area (TPSA) is 72.0 Å². The second-order valence-corrected chi connectivity index (χ2v) is 8.10. The van der Waals surface area contributed by atoms with Gasteiger partial charge in [0, 0.05) is 15.7 Å². The fourth-order valence-corrected chi connectivity index (χ4v) is 3.18. The number of thiocarbonyl (C=S) groups is 1. The molecule has 3 rings (SSSR count). The van der Waals surface area contributed by atoms with Crippen LogP contribution in [0.5, 0.6) is 11.5 Å². The van der Waals surface area contributed by atoms with E-state index in [-0.39, 0.29) is 10.9 Å². The lowest BCUT2D eigenvalue weighted by Gasteiger charge is -2.10. The summed E-state index contributed by atoms with van der Waals surface area (Å²) in [6.07, 6.45) is 2.38. The van der Waals surface area contributed by atoms with Crippen LogP contribution in [0.4, 0.5) is 10.1 Å². The molecule has 2 N–H and O–H groups in total. The molecule has 0 radical (unpaired) electrons. The number of benzene rings is 3. The van der Waals surface area contributed by atoms with E-state index in [1.54, 1.807) is 54.6 Å². The highest BCUT2D eigenvalue weighted by atomic mass is 79.9. The number of hydrogen-bond donors (Lipinski definition) is 2. The first kappa shape index (κ1) is 24.3. The Bertz CT molecular complexity index is 1140. The van der Waals surface area contributed by atoms with Gasteiger partial charge in [-0.25, -0.2) is 9.18 Å². The predicted octanol–water partition coefficient (Wildman–Crippen LogP) is 5.92. The Morgan fingerprint density at radius 1 is 1.12 bits per heavy atom. The van der Waals surface area contributed by atoms with Gasteiger partial charge in [0.15, 0.2) is 5.11 Å². The molecule has 0 saturated heterocycles. The van der Waals surface area contributed by atoms with Crippen LogP contribution in [0.3, 0.4) is 0 Å². The van der Waals surface area contributed by atoms with E-state index in [0.29, 0.717) is 34.9 Å². The van der Waals surface area contributed by atoms with Crippen LogP contribution < -0.4 is 20.2 Å². The van der Waals surface area contributed by atoms with Gasteiger partial charge in [-0.3, -0.25) is 5.43 Å². The smallest absolute Gasteiger partial charge is 0.343 e. The first-order chi connectivity index (χ1) is 15.9. The quantitative estimate of drug-likeness (QED) is 0.124. The molecule has 170 valence electrons. The van der Waals surface area contributed by atoms with Crippen molar-refractivity contribution >= 4 is 51.1 Å². The van der Waals surface area contributed by atoms with Crippen LogP contribution in [0, 0.1) is 5.82 Å². The highest BCUT2D eigenvalue weighted by Crippen LogP contribution is 2.23. The molecular formula is C24H21BrFN3O3S. The monoisotopic (exact) mass is 529 g/mol. The van der Waals surface area contributed by atoms with Gasteiger partial charge in [-0.15, -0.1) is 0 Å². The number of hydrazone groups is 1. The molecule has 6 nitrogen and oxygen atoms in total. The van der Waals surface area contributed by atoms with E-state index >= 15 is 0 Å². The maximum absolute atomic E-state index is 13.0. The second-order valence-electron chi connectivity index (χ2n) is 6.78. The van der Waals surface area contributed by atoms with E-state index < -0.39 is 5.97 Å². The number of nitrogens with zero attached hydrogens (tertiary/aromatic N) is 1. The zero-order chi connectivity index (χ0) is 23.6. The molecule has 9 heteroatoms. The van der Waals surface area contributed by atoms with E-state index in [0.717, 1.165) is 10.9 Å². The third-order valence-electron chi connectivity index (χ3n) is 4.21. The molecule has 0 heterocycles. The van der Waals surface area contributed by atoms with Gasteiger partial charge in [0.2, 0.25) is 0 Å². The molecule has 0 aliphatic heterocycles. The molecular weight excluding hydrogens is 509 g/mol. The van der Waals surface area contributed by atoms with Crippen LogP contribution in [0.25, 0.3) is 0 Å². The number of nitrogens with one attached hydrogen (secondary N) is 2. The number of rotatable bonds is 8. The first-order valence-corrected chi connectivity index (χ1v) is 11.2. The van der Waals surface area contributed by atoms with Gasteiger partial charge in [-0.1, -0.05) is 22.9 Å². The molecule has 0 fully saturated rings. The number of esters is 1. The van der Waals surface area contributed by atoms with E-state index in [1.807, 2.05) is 6.92 Å². The summed E-state index contributed by atoms with van der Waals surface area (Å²) in [6, 6.07) is 17.7. The van der Waals surface area contributed by atoms with Crippen molar-refractivity contribution in [3.63, 3.8) is 0 Å². The molecule has 0 spiro atoms. The van der Waals surface area contributed by atoms with E-state index in [4.69, 9.17) is 21.7 Å². The van der Waals surface area contributed by atoms with Crippen LogP contribution in [0.1, 0.15) is 29.3 Å². The van der Waals surface area contributed by atoms with Crippen LogP contribution in [0.2, 0.25) is 0 Å². The van der Waals surface area contributed by atoms with Gasteiger partial charge in [-0.2, -0.15) is 5.10 Å². The first-order valence-electron chi connectivity index (χ1n) is 10.0. The third kappa shape index (κ3) is 7.65. The normalized spacial score (nSPS) is 10.6. The molecule has 0 atom stereocenters. The molecule has 0 aliphatic rings. The Morgan fingerprint density at radius 3 is 2.55 bits per heavy atom. The summed E-state index contributed by atoms with van der Waals surface area (Å²) in [5.74, 6) is 0.184. The summed E-state index contributed by atoms with van der Waals surface area (Å²) in [4.78, 5) is 12.6. The molecule has 0 aromatic heterocycles. The highest BCUT2D eigenvalue weighted by molar-refractivity contribution is 9.10. The summed E-state index contributed by atoms with van der Waals surface area (Å²) < 4.78 is 24.9. The number of carbonyl (C=O) groups excluding carboxylic acids is 1. The molecule has 0 saturated carbocycles. The van der Waals surface area contributed by atoms with Crippen molar-refractivity contribution in [2.45, 2.75) is 13.3 Å². The Balaban J connectivity index is 1.64. The van der Waals surface area contributed by atoms with Gasteiger partial charge in [0.05, 0.1) is 18.4 Å². The molecule has 0 amide bonds. The standard InChI is InChI=1S/C24H21BrFN3O3S/c1-2-13-31-21-10-3-16(4-11-21)23(30)32-22-12-5-18(25)14-17(22)15-27-29-24(33)28-20-8-6-19(26)7-9-20/h3-12,14-15H,2,13H2,1H3,(H2,28,29,33)/b27-15+. The fraction of sp³-hybridized carbons (Fsp3) is 0.125. The fourth-order valence-electron chi connectivity index (χ4n) is 2.63. The second kappa shape index (κ2) is 12.1. The predicted molar refractivity (Wildman–Crippen MR) is 135 cm³/mol. The Morgan fingerprint density at radius 2 is 1.85 bits per heavy atom. The van der Waals surface area contributed by atoms with Gasteiger partial charge in [-0.05, 0) is 85.4 Å². The SMILES string of the molecule is CCCOc1ccc(C(=O)Oc2ccc(Br)cc2/C=N/NC(=S)Nc2ccc(F)cc2)cc1. The maximum atomic E-state index is 13.0. The van der Waals surface area contributed by atoms with Crippen molar-refractivity contribution in [2.24, 2.45) is 5.10 Å². The third-order valence-corrected chi connectivity index (χ3v) is 4.90. The van der Waals surface area contributed by atoms with Crippen LogP contribution in [-0.2, 0) is 0 Å². The van der Waals surface area contributed by atoms with E-state index in [1.165, 1.54) is 18.3 Å². The number of anilines is 1. The average Bonchev–Trinajstić information content (AvgIpc) is 2.81. The van der Waals surface area contributed by atoms with Crippen LogP contribution >= 0.6 is 28.1 Å². The highest BCUT2D eigenvalue weighted by Gasteiger charge is 2.12. The van der Waals surface area contributed by atoms with Crippen molar-refractivity contribution < 1.29 is 18.7 Å². The molecule has 0 unspecified atom stereocenters. The molecule has 3 aromatic carbocycles. The van der Waals surface area contributed by atoms with Gasteiger partial charge in [0.1, 0.15) is 17.3 Å². The number of halogens is 2. The summed E-state index contributed by atoms with van der Waals surface area (Å²) in [6.45, 7) is 2.64. The molecule has 33 heavy (non-hydrogen) atoms. The van der Waals surface area contributed by atoms with Gasteiger partial charge >= 0.3 is 5.97 Å². The minimum absolute atomic E-state index is 0.219. The summed E-state index contributed by atoms with van der Waals surface area (Å²) in [5.41, 5.74) is 4.24. The summed E-state index contributed by atoms with van der Waals surface area (Å²) >= 11 is 8.58. The lowest BCUT2D eigenvalue weighted by Crippen LogP contribution is -2.23. The minimum Gasteiger partial charge on any atom is -0.494 e. The zero-order valence-corrected chi connectivity index (χ0v) is 20.1. The summed E-state index contributed by atoms with van der Waals surface area (Å²) in [5, 5.41) is 7.20. The Kier molecular flexibility index (Phi) is 8.91. The lowest BCUT2D eigenvalue weighted by molar-refractivity contribution is 0.0734. The number of ether oxygens (including phenoxy) is 2. The minimum atomic E-state index is -0.504. The van der Waals surface area contributed by atoms with E-state index in [2.05, 4.69) is 31.8 Å². The van der Waals surface area contributed by atoms with Crippen molar-refractivity contribution in [2.75, 3.05) is 11.9 Å². The largest absolute Gasteiger partial charge is 0.494 e. The van der Waals surface area contributed by atoms with Crippen molar-refractivity contribution in [1.82, 2.24) is 5.43 Å². The van der Waals surface area contributed by atoms with E-state index in [9.17, 15) is 9.18 Å². The van der Waals surface area contributed by atoms with Crippen LogP contribution in [-0.4, -0.2) is 23.9 Å². The van der Waals surface area contributed by atoms with Crippen LogP contribution in [0.15, 0.2) is 76.3 Å². The average molecular weight is 530 g/mol. The Labute approximate surface area is 204 Å². The number of hydrogen-bond acceptors (Lipinski definition) is 5. The van der Waals surface area contributed by atoms with Crippen molar-refractivity contribution in [3.8, 4) is 11.5 Å². The van der Waals surface area contributed by atoms with Gasteiger partial charge in [0.25, 0.3) is 0 Å². The molecule has 0 aliphatic carbocycles. The maximum Gasteiger partial charge on any atom is 0.343 e.